The number of aromatic amines is 1. The van der Waals surface area contributed by atoms with Crippen molar-refractivity contribution in [2.75, 3.05) is 20.1 Å². The summed E-state index contributed by atoms with van der Waals surface area (Å²) < 4.78 is 0. The zero-order valence-electron chi connectivity index (χ0n) is 11.1. The van der Waals surface area contributed by atoms with E-state index in [-0.39, 0.29) is 25.4 Å². The lowest BCUT2D eigenvalue weighted by atomic mass is 10.1. The highest BCUT2D eigenvalue weighted by molar-refractivity contribution is 5.90. The Bertz CT molecular complexity index is 459. The van der Waals surface area contributed by atoms with E-state index in [0.717, 1.165) is 0 Å². The zero-order chi connectivity index (χ0) is 15.0. The topological polar surface area (TPSA) is 142 Å². The fourth-order valence-corrected chi connectivity index (χ4v) is 1.52. The van der Waals surface area contributed by atoms with Gasteiger partial charge in [0.25, 0.3) is 0 Å². The number of nitrogens with two attached hydrogens (primary N) is 1. The van der Waals surface area contributed by atoms with Crippen LogP contribution >= 0.6 is 0 Å². The fraction of sp³-hybridized carbons (Fsp3) is 0.455. The maximum atomic E-state index is 11.9. The molecule has 0 aliphatic rings. The number of H-pyrrole nitrogens is 1. The molecular formula is C11H18N6O3. The molecule has 9 nitrogen and oxygen atoms in total. The Kier molecular flexibility index (Phi) is 6.17. The van der Waals surface area contributed by atoms with Crippen LogP contribution in [0.4, 0.5) is 0 Å². The van der Waals surface area contributed by atoms with Gasteiger partial charge in [0, 0.05) is 12.6 Å². The maximum absolute atomic E-state index is 11.9. The predicted octanol–water partition coefficient (Wildman–Crippen LogP) is -2.74. The molecule has 1 aromatic heterocycles. The molecule has 0 radical (unpaired) electrons. The summed E-state index contributed by atoms with van der Waals surface area (Å²) in [5.74, 6) is -1.48. The summed E-state index contributed by atoms with van der Waals surface area (Å²) in [4.78, 5) is 40.9. The van der Waals surface area contributed by atoms with E-state index in [0.29, 0.717) is 5.69 Å². The molecular weight excluding hydrogens is 264 g/mol. The predicted molar refractivity (Wildman–Crippen MR) is 70.4 cm³/mol. The Morgan fingerprint density at radius 1 is 1.40 bits per heavy atom. The van der Waals surface area contributed by atoms with Crippen molar-refractivity contribution in [3.05, 3.63) is 18.2 Å². The van der Waals surface area contributed by atoms with Gasteiger partial charge in [0.2, 0.25) is 17.7 Å². The molecule has 20 heavy (non-hydrogen) atoms. The number of carbonyl (C=O) groups excluding carboxylic acids is 3. The lowest BCUT2D eigenvalue weighted by Crippen LogP contribution is -2.51. The molecule has 0 saturated heterocycles. The average molecular weight is 282 g/mol. The molecule has 0 aliphatic carbocycles. The quantitative estimate of drug-likeness (QED) is 0.351. The van der Waals surface area contributed by atoms with Gasteiger partial charge in [-0.25, -0.2) is 4.98 Å². The van der Waals surface area contributed by atoms with Crippen molar-refractivity contribution in [2.45, 2.75) is 12.5 Å². The Balaban J connectivity index is 2.64. The number of imidazole rings is 1. The first-order valence-corrected chi connectivity index (χ1v) is 6.00. The van der Waals surface area contributed by atoms with Gasteiger partial charge >= 0.3 is 0 Å². The second-order valence-corrected chi connectivity index (χ2v) is 4.10. The molecule has 0 fully saturated rings. The number of hydrogen-bond acceptors (Lipinski definition) is 5. The standard InChI is InChI=1S/C11H18N6O3/c1-13-5-10(19)17-8(2-7-3-14-6-16-7)11(20)15-4-9(12)18/h3,6,8,13H,2,4-5H2,1H3,(H2,12,18)(H,14,16)(H,15,20)(H,17,19)/t8-/m0/s1. The molecule has 0 aromatic carbocycles. The van der Waals surface area contributed by atoms with Crippen LogP contribution in [-0.4, -0.2) is 53.9 Å². The molecule has 110 valence electrons. The summed E-state index contributed by atoms with van der Waals surface area (Å²) in [5, 5.41) is 7.60. The monoisotopic (exact) mass is 282 g/mol. The molecule has 6 N–H and O–H groups in total. The molecule has 0 spiro atoms. The molecule has 0 aliphatic heterocycles. The highest BCUT2D eigenvalue weighted by Crippen LogP contribution is 1.99. The van der Waals surface area contributed by atoms with E-state index in [1.54, 1.807) is 13.2 Å². The minimum atomic E-state index is -0.821. The van der Waals surface area contributed by atoms with E-state index in [1.165, 1.54) is 6.33 Å². The molecule has 1 aromatic rings. The van der Waals surface area contributed by atoms with Crippen LogP contribution in [0.1, 0.15) is 5.69 Å². The lowest BCUT2D eigenvalue weighted by Gasteiger charge is -2.17. The summed E-state index contributed by atoms with van der Waals surface area (Å²) >= 11 is 0. The zero-order valence-corrected chi connectivity index (χ0v) is 11.1. The van der Waals surface area contributed by atoms with Crippen LogP contribution in [-0.2, 0) is 20.8 Å². The third kappa shape index (κ3) is 5.48. The number of rotatable bonds is 8. The van der Waals surface area contributed by atoms with Crippen LogP contribution < -0.4 is 21.7 Å². The summed E-state index contributed by atoms with van der Waals surface area (Å²) in [6, 6.07) is -0.821. The first kappa shape index (κ1) is 15.6. The van der Waals surface area contributed by atoms with E-state index >= 15 is 0 Å². The van der Waals surface area contributed by atoms with Crippen LogP contribution in [0.25, 0.3) is 0 Å². The Morgan fingerprint density at radius 2 is 2.15 bits per heavy atom. The molecule has 1 heterocycles. The SMILES string of the molecule is CNCC(=O)N[C@@H](Cc1c[nH]cn1)C(=O)NCC(N)=O. The van der Waals surface area contributed by atoms with Crippen LogP contribution in [0.2, 0.25) is 0 Å². The lowest BCUT2D eigenvalue weighted by molar-refractivity contribution is -0.129. The summed E-state index contributed by atoms with van der Waals surface area (Å²) in [7, 11) is 1.62. The normalized spacial score (nSPS) is 11.7. The van der Waals surface area contributed by atoms with Crippen molar-refractivity contribution >= 4 is 17.7 Å². The number of likely N-dealkylation sites (N-methyl/N-ethyl adjacent to an activating group) is 1. The van der Waals surface area contributed by atoms with E-state index < -0.39 is 17.9 Å². The highest BCUT2D eigenvalue weighted by atomic mass is 16.2. The van der Waals surface area contributed by atoms with Gasteiger partial charge in [-0.3, -0.25) is 14.4 Å². The minimum Gasteiger partial charge on any atom is -0.368 e. The summed E-state index contributed by atoms with van der Waals surface area (Å²) in [5.41, 5.74) is 5.58. The van der Waals surface area contributed by atoms with E-state index in [2.05, 4.69) is 25.9 Å². The van der Waals surface area contributed by atoms with Crippen molar-refractivity contribution in [1.29, 1.82) is 0 Å². The van der Waals surface area contributed by atoms with Gasteiger partial charge in [-0.2, -0.15) is 0 Å². The number of nitrogens with zero attached hydrogens (tertiary/aromatic N) is 1. The third-order valence-corrected chi connectivity index (χ3v) is 2.39. The molecule has 1 atom stereocenters. The molecule has 0 saturated carbocycles. The van der Waals surface area contributed by atoms with Crippen molar-refractivity contribution in [3.63, 3.8) is 0 Å². The largest absolute Gasteiger partial charge is 0.368 e. The van der Waals surface area contributed by atoms with Crippen molar-refractivity contribution in [2.24, 2.45) is 5.73 Å². The Labute approximate surface area is 115 Å². The Morgan fingerprint density at radius 3 is 2.70 bits per heavy atom. The number of primary amides is 1. The van der Waals surface area contributed by atoms with Gasteiger partial charge in [-0.05, 0) is 7.05 Å². The third-order valence-electron chi connectivity index (χ3n) is 2.39. The smallest absolute Gasteiger partial charge is 0.243 e. The molecule has 9 heteroatoms. The average Bonchev–Trinajstić information content (AvgIpc) is 2.88. The first-order valence-electron chi connectivity index (χ1n) is 6.00. The van der Waals surface area contributed by atoms with Gasteiger partial charge < -0.3 is 26.7 Å². The fourth-order valence-electron chi connectivity index (χ4n) is 1.52. The minimum absolute atomic E-state index is 0.0835. The Hall–Kier alpha value is -2.42. The molecule has 0 bridgehead atoms. The molecule has 1 rings (SSSR count). The summed E-state index contributed by atoms with van der Waals surface area (Å²) in [6.07, 6.45) is 3.31. The van der Waals surface area contributed by atoms with Crippen molar-refractivity contribution < 1.29 is 14.4 Å². The number of nitrogens with one attached hydrogen (secondary N) is 4. The maximum Gasteiger partial charge on any atom is 0.243 e. The van der Waals surface area contributed by atoms with E-state index in [1.807, 2.05) is 0 Å². The van der Waals surface area contributed by atoms with Crippen LogP contribution in [0.5, 0.6) is 0 Å². The second-order valence-electron chi connectivity index (χ2n) is 4.10. The highest BCUT2D eigenvalue weighted by Gasteiger charge is 2.21. The number of carbonyl (C=O) groups is 3. The number of amides is 3. The van der Waals surface area contributed by atoms with Crippen LogP contribution in [0, 0.1) is 0 Å². The van der Waals surface area contributed by atoms with Gasteiger partial charge in [0.05, 0.1) is 25.1 Å². The van der Waals surface area contributed by atoms with Gasteiger partial charge in [-0.15, -0.1) is 0 Å². The number of aromatic nitrogens is 2. The number of hydrogen-bond donors (Lipinski definition) is 5. The van der Waals surface area contributed by atoms with E-state index in [9.17, 15) is 14.4 Å². The van der Waals surface area contributed by atoms with Gasteiger partial charge in [-0.1, -0.05) is 0 Å². The second kappa shape index (κ2) is 7.89. The van der Waals surface area contributed by atoms with Gasteiger partial charge in [0.1, 0.15) is 6.04 Å². The van der Waals surface area contributed by atoms with Crippen molar-refractivity contribution in [1.82, 2.24) is 25.9 Å². The molecule has 3 amide bonds. The van der Waals surface area contributed by atoms with Crippen molar-refractivity contribution in [3.8, 4) is 0 Å². The van der Waals surface area contributed by atoms with Gasteiger partial charge in [0.15, 0.2) is 0 Å². The first-order chi connectivity index (χ1) is 9.52. The summed E-state index contributed by atoms with van der Waals surface area (Å²) in [6.45, 7) is -0.196. The van der Waals surface area contributed by atoms with Crippen LogP contribution in [0.15, 0.2) is 12.5 Å². The van der Waals surface area contributed by atoms with E-state index in [4.69, 9.17) is 5.73 Å². The molecule has 0 unspecified atom stereocenters. The van der Waals surface area contributed by atoms with Crippen LogP contribution in [0.3, 0.4) is 0 Å².